The van der Waals surface area contributed by atoms with E-state index >= 15 is 0 Å². The molecule has 4 nitrogen and oxygen atoms in total. The van der Waals surface area contributed by atoms with Crippen LogP contribution in [0.3, 0.4) is 0 Å². The molecule has 0 aliphatic carbocycles. The molecule has 1 heterocycles. The lowest BCUT2D eigenvalue weighted by Crippen LogP contribution is -2.18. The van der Waals surface area contributed by atoms with Gasteiger partial charge >= 0.3 is 5.97 Å². The van der Waals surface area contributed by atoms with Crippen LogP contribution in [-0.4, -0.2) is 34.6 Å². The van der Waals surface area contributed by atoms with Crippen LogP contribution < -0.4 is 0 Å². The maximum atomic E-state index is 10.7. The van der Waals surface area contributed by atoms with Crippen molar-refractivity contribution in [3.63, 3.8) is 0 Å². The Bertz CT molecular complexity index is 339. The molecule has 0 saturated heterocycles. The van der Waals surface area contributed by atoms with Crippen molar-refractivity contribution in [1.82, 2.24) is 9.88 Å². The van der Waals surface area contributed by atoms with Gasteiger partial charge in [0, 0.05) is 18.9 Å². The van der Waals surface area contributed by atoms with E-state index in [2.05, 4.69) is 16.8 Å². The highest BCUT2D eigenvalue weighted by Gasteiger charge is 2.05. The highest BCUT2D eigenvalue weighted by Crippen LogP contribution is 2.05. The van der Waals surface area contributed by atoms with E-state index in [0.717, 1.165) is 25.1 Å². The number of carboxylic acid groups (broad SMARTS) is 1. The lowest BCUT2D eigenvalue weighted by molar-refractivity contribution is 0.0696. The SMILES string of the molecule is CCCN(C)Cc1cncc(C(=O)O)c1. The number of hydrogen-bond acceptors (Lipinski definition) is 3. The van der Waals surface area contributed by atoms with Gasteiger partial charge in [-0.15, -0.1) is 0 Å². The van der Waals surface area contributed by atoms with Gasteiger partial charge < -0.3 is 10.0 Å². The second kappa shape index (κ2) is 5.46. The zero-order valence-corrected chi connectivity index (χ0v) is 9.10. The van der Waals surface area contributed by atoms with Gasteiger partial charge in [-0.1, -0.05) is 6.92 Å². The summed E-state index contributed by atoms with van der Waals surface area (Å²) >= 11 is 0. The molecule has 0 aliphatic rings. The zero-order valence-electron chi connectivity index (χ0n) is 9.10. The summed E-state index contributed by atoms with van der Waals surface area (Å²) in [5.41, 5.74) is 1.18. The van der Waals surface area contributed by atoms with E-state index in [1.807, 2.05) is 7.05 Å². The van der Waals surface area contributed by atoms with Gasteiger partial charge in [0.05, 0.1) is 5.56 Å². The van der Waals surface area contributed by atoms with Gasteiger partial charge in [-0.2, -0.15) is 0 Å². The zero-order chi connectivity index (χ0) is 11.3. The quantitative estimate of drug-likeness (QED) is 0.799. The number of pyridine rings is 1. The van der Waals surface area contributed by atoms with E-state index in [-0.39, 0.29) is 5.56 Å². The third kappa shape index (κ3) is 3.67. The molecule has 0 amide bonds. The van der Waals surface area contributed by atoms with Crippen LogP contribution in [0.2, 0.25) is 0 Å². The third-order valence-corrected chi connectivity index (χ3v) is 2.10. The van der Waals surface area contributed by atoms with Crippen LogP contribution in [0.1, 0.15) is 29.3 Å². The molecule has 4 heteroatoms. The topological polar surface area (TPSA) is 53.4 Å². The molecule has 1 aromatic heterocycles. The van der Waals surface area contributed by atoms with E-state index in [1.54, 1.807) is 12.3 Å². The Morgan fingerprint density at radius 2 is 2.27 bits per heavy atom. The number of aromatic nitrogens is 1. The van der Waals surface area contributed by atoms with Gasteiger partial charge in [-0.25, -0.2) is 4.79 Å². The van der Waals surface area contributed by atoms with E-state index in [4.69, 9.17) is 5.11 Å². The van der Waals surface area contributed by atoms with Crippen LogP contribution in [0.5, 0.6) is 0 Å². The molecule has 1 aromatic rings. The van der Waals surface area contributed by atoms with Gasteiger partial charge in [0.2, 0.25) is 0 Å². The first-order chi connectivity index (χ1) is 7.13. The monoisotopic (exact) mass is 208 g/mol. The fourth-order valence-electron chi connectivity index (χ4n) is 1.46. The molecule has 0 fully saturated rings. The van der Waals surface area contributed by atoms with Crippen molar-refractivity contribution in [2.45, 2.75) is 19.9 Å². The molecule has 0 aromatic carbocycles. The van der Waals surface area contributed by atoms with Crippen LogP contribution in [0.25, 0.3) is 0 Å². The molecule has 0 spiro atoms. The molecule has 82 valence electrons. The first-order valence-electron chi connectivity index (χ1n) is 4.99. The number of hydrogen-bond donors (Lipinski definition) is 1. The molecule has 0 aliphatic heterocycles. The lowest BCUT2D eigenvalue weighted by Gasteiger charge is -2.15. The molecule has 0 bridgehead atoms. The molecule has 15 heavy (non-hydrogen) atoms. The smallest absolute Gasteiger partial charge is 0.337 e. The number of aromatic carboxylic acids is 1. The van der Waals surface area contributed by atoms with Crippen molar-refractivity contribution >= 4 is 5.97 Å². The van der Waals surface area contributed by atoms with Gasteiger partial charge in [0.1, 0.15) is 0 Å². The summed E-state index contributed by atoms with van der Waals surface area (Å²) in [5.74, 6) is -0.928. The number of carboxylic acids is 1. The predicted molar refractivity (Wildman–Crippen MR) is 57.8 cm³/mol. The van der Waals surface area contributed by atoms with Gasteiger partial charge in [-0.3, -0.25) is 4.98 Å². The summed E-state index contributed by atoms with van der Waals surface area (Å²) in [7, 11) is 2.01. The second-order valence-electron chi connectivity index (χ2n) is 3.62. The maximum absolute atomic E-state index is 10.7. The summed E-state index contributed by atoms with van der Waals surface area (Å²) < 4.78 is 0. The summed E-state index contributed by atoms with van der Waals surface area (Å²) in [6.45, 7) is 3.85. The van der Waals surface area contributed by atoms with E-state index < -0.39 is 5.97 Å². The van der Waals surface area contributed by atoms with E-state index in [9.17, 15) is 4.79 Å². The minimum Gasteiger partial charge on any atom is -0.478 e. The molecule has 0 unspecified atom stereocenters. The number of carbonyl (C=O) groups is 1. The van der Waals surface area contributed by atoms with Crippen LogP contribution >= 0.6 is 0 Å². The lowest BCUT2D eigenvalue weighted by atomic mass is 10.2. The van der Waals surface area contributed by atoms with Crippen LogP contribution in [0.4, 0.5) is 0 Å². The standard InChI is InChI=1S/C11H16N2O2/c1-3-4-13(2)8-9-5-10(11(14)15)7-12-6-9/h5-7H,3-4,8H2,1-2H3,(H,14,15). The Balaban J connectivity index is 2.69. The van der Waals surface area contributed by atoms with Gasteiger partial charge in [0.25, 0.3) is 0 Å². The molecule has 0 saturated carbocycles. The van der Waals surface area contributed by atoms with Crippen molar-refractivity contribution < 1.29 is 9.90 Å². The molecular formula is C11H16N2O2. The highest BCUT2D eigenvalue weighted by molar-refractivity contribution is 5.87. The third-order valence-electron chi connectivity index (χ3n) is 2.10. The fraction of sp³-hybridized carbons (Fsp3) is 0.455. The molecular weight excluding hydrogens is 192 g/mol. The van der Waals surface area contributed by atoms with Gasteiger partial charge in [0.15, 0.2) is 0 Å². The number of rotatable bonds is 5. The Morgan fingerprint density at radius 1 is 1.53 bits per heavy atom. The fourth-order valence-corrected chi connectivity index (χ4v) is 1.46. The Hall–Kier alpha value is -1.42. The van der Waals surface area contributed by atoms with Crippen molar-refractivity contribution in [3.05, 3.63) is 29.6 Å². The second-order valence-corrected chi connectivity index (χ2v) is 3.62. The largest absolute Gasteiger partial charge is 0.478 e. The average Bonchev–Trinajstić information content (AvgIpc) is 2.18. The Morgan fingerprint density at radius 3 is 2.87 bits per heavy atom. The Labute approximate surface area is 89.6 Å². The molecule has 1 rings (SSSR count). The highest BCUT2D eigenvalue weighted by atomic mass is 16.4. The molecule has 0 atom stereocenters. The summed E-state index contributed by atoms with van der Waals surface area (Å²) in [6.07, 6.45) is 4.16. The minimum atomic E-state index is -0.928. The van der Waals surface area contributed by atoms with Crippen LogP contribution in [0.15, 0.2) is 18.5 Å². The first kappa shape index (κ1) is 11.7. The summed E-state index contributed by atoms with van der Waals surface area (Å²) in [5, 5.41) is 8.79. The molecule has 1 N–H and O–H groups in total. The molecule has 0 radical (unpaired) electrons. The number of nitrogens with zero attached hydrogens (tertiary/aromatic N) is 2. The van der Waals surface area contributed by atoms with Crippen molar-refractivity contribution in [1.29, 1.82) is 0 Å². The summed E-state index contributed by atoms with van der Waals surface area (Å²) in [6, 6.07) is 1.67. The van der Waals surface area contributed by atoms with Crippen molar-refractivity contribution in [2.24, 2.45) is 0 Å². The van der Waals surface area contributed by atoms with Crippen LogP contribution in [0, 0.1) is 0 Å². The van der Waals surface area contributed by atoms with Crippen LogP contribution in [-0.2, 0) is 6.54 Å². The van der Waals surface area contributed by atoms with E-state index in [0.29, 0.717) is 0 Å². The van der Waals surface area contributed by atoms with Crippen molar-refractivity contribution in [3.8, 4) is 0 Å². The summed E-state index contributed by atoms with van der Waals surface area (Å²) in [4.78, 5) is 16.8. The van der Waals surface area contributed by atoms with Gasteiger partial charge in [-0.05, 0) is 31.6 Å². The van der Waals surface area contributed by atoms with E-state index in [1.165, 1.54) is 6.20 Å². The Kier molecular flexibility index (Phi) is 4.24. The van der Waals surface area contributed by atoms with Crippen molar-refractivity contribution in [2.75, 3.05) is 13.6 Å². The minimum absolute atomic E-state index is 0.248. The maximum Gasteiger partial charge on any atom is 0.337 e. The predicted octanol–water partition coefficient (Wildman–Crippen LogP) is 1.62. The normalized spacial score (nSPS) is 10.6. The first-order valence-corrected chi connectivity index (χ1v) is 4.99. The average molecular weight is 208 g/mol.